The highest BCUT2D eigenvalue weighted by Gasteiger charge is 2.44. The van der Waals surface area contributed by atoms with Gasteiger partial charge in [0.15, 0.2) is 0 Å². The number of nitrogens with zero attached hydrogens (tertiary/aromatic N) is 1. The molecule has 2 unspecified atom stereocenters. The fourth-order valence-corrected chi connectivity index (χ4v) is 3.66. The third-order valence-corrected chi connectivity index (χ3v) is 5.15. The average molecular weight is 365 g/mol. The maximum atomic E-state index is 14.5. The summed E-state index contributed by atoms with van der Waals surface area (Å²) in [5.74, 6) is -4.72. The average Bonchev–Trinajstić information content (AvgIpc) is 3.21. The molecule has 0 bridgehead atoms. The first-order chi connectivity index (χ1) is 12.5. The van der Waals surface area contributed by atoms with Crippen LogP contribution in [0.3, 0.4) is 0 Å². The van der Waals surface area contributed by atoms with Crippen molar-refractivity contribution in [3.05, 3.63) is 35.9 Å². The number of halogens is 2. The van der Waals surface area contributed by atoms with Crippen molar-refractivity contribution in [1.82, 2.24) is 15.5 Å². The molecular formula is C19H25F2N3O2. The van der Waals surface area contributed by atoms with Crippen LogP contribution in [0.25, 0.3) is 0 Å². The summed E-state index contributed by atoms with van der Waals surface area (Å²) in [6.07, 6.45) is 3.29. The molecule has 0 spiro atoms. The Morgan fingerprint density at radius 1 is 1.19 bits per heavy atom. The Morgan fingerprint density at radius 2 is 1.96 bits per heavy atom. The Labute approximate surface area is 152 Å². The van der Waals surface area contributed by atoms with E-state index in [2.05, 4.69) is 10.6 Å². The normalized spacial score (nSPS) is 23.7. The number of piperidine rings is 1. The van der Waals surface area contributed by atoms with E-state index in [0.717, 1.165) is 25.8 Å². The lowest BCUT2D eigenvalue weighted by atomic mass is 9.96. The molecule has 2 heterocycles. The number of carbonyl (C=O) groups excluding carboxylic acids is 2. The third kappa shape index (κ3) is 4.20. The SMILES string of the molecule is O=C(NCC1CCCN(C(=O)C(F)(F)c2ccccc2)C1)C1CCCN1. The lowest BCUT2D eigenvalue weighted by molar-refractivity contribution is -0.160. The number of benzene rings is 1. The Hall–Kier alpha value is -2.02. The van der Waals surface area contributed by atoms with Gasteiger partial charge < -0.3 is 15.5 Å². The highest BCUT2D eigenvalue weighted by molar-refractivity contribution is 5.85. The number of alkyl halides is 2. The smallest absolute Gasteiger partial charge is 0.349 e. The van der Waals surface area contributed by atoms with Gasteiger partial charge in [-0.25, -0.2) is 0 Å². The molecule has 2 aliphatic heterocycles. The van der Waals surface area contributed by atoms with Gasteiger partial charge in [0, 0.05) is 25.2 Å². The molecule has 2 amide bonds. The Bertz CT molecular complexity index is 633. The maximum absolute atomic E-state index is 14.5. The van der Waals surface area contributed by atoms with E-state index >= 15 is 0 Å². The minimum Gasteiger partial charge on any atom is -0.354 e. The number of carbonyl (C=O) groups is 2. The molecule has 142 valence electrons. The van der Waals surface area contributed by atoms with E-state index in [-0.39, 0.29) is 30.0 Å². The van der Waals surface area contributed by atoms with Crippen LogP contribution in [0.5, 0.6) is 0 Å². The molecule has 2 aliphatic rings. The van der Waals surface area contributed by atoms with Crippen molar-refractivity contribution in [3.63, 3.8) is 0 Å². The quantitative estimate of drug-likeness (QED) is 0.838. The van der Waals surface area contributed by atoms with Gasteiger partial charge in [-0.15, -0.1) is 0 Å². The summed E-state index contributed by atoms with van der Waals surface area (Å²) in [6.45, 7) is 1.84. The molecule has 1 aromatic carbocycles. The number of amides is 2. The zero-order valence-electron chi connectivity index (χ0n) is 14.7. The van der Waals surface area contributed by atoms with Crippen molar-refractivity contribution in [2.45, 2.75) is 37.6 Å². The fourth-order valence-electron chi connectivity index (χ4n) is 3.66. The second-order valence-corrected chi connectivity index (χ2v) is 7.09. The maximum Gasteiger partial charge on any atom is 0.349 e. The monoisotopic (exact) mass is 365 g/mol. The lowest BCUT2D eigenvalue weighted by Crippen LogP contribution is -2.49. The van der Waals surface area contributed by atoms with Crippen molar-refractivity contribution in [2.75, 3.05) is 26.2 Å². The molecule has 0 aliphatic carbocycles. The van der Waals surface area contributed by atoms with E-state index in [1.807, 2.05) is 0 Å². The zero-order chi connectivity index (χ0) is 18.6. The minimum atomic E-state index is -3.53. The standard InChI is InChI=1S/C19H25F2N3O2/c20-19(21,15-7-2-1-3-8-15)18(26)24-11-5-6-14(13-24)12-23-17(25)16-9-4-10-22-16/h1-3,7-8,14,16,22H,4-6,9-13H2,(H,23,25). The van der Waals surface area contributed by atoms with Gasteiger partial charge in [0.05, 0.1) is 6.04 Å². The second-order valence-electron chi connectivity index (χ2n) is 7.09. The fraction of sp³-hybridized carbons (Fsp3) is 0.579. The first-order valence-electron chi connectivity index (χ1n) is 9.22. The molecule has 0 saturated carbocycles. The van der Waals surface area contributed by atoms with E-state index in [1.54, 1.807) is 6.07 Å². The molecule has 0 aromatic heterocycles. The van der Waals surface area contributed by atoms with Crippen LogP contribution in [-0.2, 0) is 15.5 Å². The van der Waals surface area contributed by atoms with E-state index in [0.29, 0.717) is 19.5 Å². The van der Waals surface area contributed by atoms with Gasteiger partial charge in [-0.1, -0.05) is 30.3 Å². The van der Waals surface area contributed by atoms with Crippen LogP contribution in [0.15, 0.2) is 30.3 Å². The second kappa shape index (κ2) is 8.12. The first-order valence-corrected chi connectivity index (χ1v) is 9.22. The third-order valence-electron chi connectivity index (χ3n) is 5.15. The van der Waals surface area contributed by atoms with Gasteiger partial charge in [-0.2, -0.15) is 8.78 Å². The van der Waals surface area contributed by atoms with Gasteiger partial charge in [-0.05, 0) is 38.1 Å². The summed E-state index contributed by atoms with van der Waals surface area (Å²) >= 11 is 0. The Morgan fingerprint density at radius 3 is 2.65 bits per heavy atom. The lowest BCUT2D eigenvalue weighted by Gasteiger charge is -2.35. The van der Waals surface area contributed by atoms with Gasteiger partial charge in [-0.3, -0.25) is 9.59 Å². The molecule has 7 heteroatoms. The van der Waals surface area contributed by atoms with Crippen LogP contribution in [0.4, 0.5) is 8.78 Å². The van der Waals surface area contributed by atoms with Crippen molar-refractivity contribution in [2.24, 2.45) is 5.92 Å². The largest absolute Gasteiger partial charge is 0.354 e. The van der Waals surface area contributed by atoms with Crippen molar-refractivity contribution in [3.8, 4) is 0 Å². The molecule has 2 fully saturated rings. The summed E-state index contributed by atoms with van der Waals surface area (Å²) in [5.41, 5.74) is -0.285. The molecule has 2 N–H and O–H groups in total. The van der Waals surface area contributed by atoms with Gasteiger partial charge in [0.2, 0.25) is 5.91 Å². The van der Waals surface area contributed by atoms with Gasteiger partial charge >= 0.3 is 5.92 Å². The minimum absolute atomic E-state index is 0.00428. The number of likely N-dealkylation sites (tertiary alicyclic amines) is 1. The van der Waals surface area contributed by atoms with Crippen LogP contribution < -0.4 is 10.6 Å². The molecule has 2 saturated heterocycles. The molecular weight excluding hydrogens is 340 g/mol. The predicted molar refractivity (Wildman–Crippen MR) is 93.7 cm³/mol. The predicted octanol–water partition coefficient (Wildman–Crippen LogP) is 1.89. The number of nitrogens with one attached hydrogen (secondary N) is 2. The topological polar surface area (TPSA) is 61.4 Å². The Balaban J connectivity index is 1.55. The highest BCUT2D eigenvalue weighted by Crippen LogP contribution is 2.31. The van der Waals surface area contributed by atoms with Gasteiger partial charge in [0.1, 0.15) is 0 Å². The van der Waals surface area contributed by atoms with E-state index < -0.39 is 11.8 Å². The summed E-state index contributed by atoms with van der Waals surface area (Å²) in [5, 5.41) is 6.03. The summed E-state index contributed by atoms with van der Waals surface area (Å²) < 4.78 is 29.0. The zero-order valence-corrected chi connectivity index (χ0v) is 14.7. The van der Waals surface area contributed by atoms with Crippen LogP contribution in [0.2, 0.25) is 0 Å². The molecule has 0 radical (unpaired) electrons. The highest BCUT2D eigenvalue weighted by atomic mass is 19.3. The first kappa shape index (κ1) is 18.8. The Kier molecular flexibility index (Phi) is 5.86. The van der Waals surface area contributed by atoms with Crippen LogP contribution in [0, 0.1) is 5.92 Å². The number of hydrogen-bond acceptors (Lipinski definition) is 3. The van der Waals surface area contributed by atoms with E-state index in [1.165, 1.54) is 29.2 Å². The molecule has 2 atom stereocenters. The van der Waals surface area contributed by atoms with Crippen LogP contribution in [-0.4, -0.2) is 48.9 Å². The summed E-state index contributed by atoms with van der Waals surface area (Å²) in [7, 11) is 0. The van der Waals surface area contributed by atoms with Crippen molar-refractivity contribution in [1.29, 1.82) is 0 Å². The summed E-state index contributed by atoms with van der Waals surface area (Å²) in [4.78, 5) is 25.7. The molecule has 5 nitrogen and oxygen atoms in total. The van der Waals surface area contributed by atoms with Crippen molar-refractivity contribution < 1.29 is 18.4 Å². The molecule has 26 heavy (non-hydrogen) atoms. The van der Waals surface area contributed by atoms with Crippen molar-refractivity contribution >= 4 is 11.8 Å². The van der Waals surface area contributed by atoms with E-state index in [4.69, 9.17) is 0 Å². The number of hydrogen-bond donors (Lipinski definition) is 2. The summed E-state index contributed by atoms with van der Waals surface area (Å²) in [6, 6.07) is 7.04. The number of rotatable bonds is 5. The molecule has 1 aromatic rings. The van der Waals surface area contributed by atoms with E-state index in [9.17, 15) is 18.4 Å². The van der Waals surface area contributed by atoms with Crippen LogP contribution >= 0.6 is 0 Å². The molecule has 3 rings (SSSR count). The van der Waals surface area contributed by atoms with Gasteiger partial charge in [0.25, 0.3) is 5.91 Å². The van der Waals surface area contributed by atoms with Crippen LogP contribution in [0.1, 0.15) is 31.2 Å².